The third-order valence-electron chi connectivity index (χ3n) is 6.50. The van der Waals surface area contributed by atoms with Crippen LogP contribution in [0.3, 0.4) is 0 Å². The topological polar surface area (TPSA) is 138 Å². The highest BCUT2D eigenvalue weighted by atomic mass is 16.5. The van der Waals surface area contributed by atoms with Crippen LogP contribution in [0.15, 0.2) is 63.6 Å². The number of aromatic nitrogens is 3. The molecule has 1 fully saturated rings. The van der Waals surface area contributed by atoms with Crippen LogP contribution in [0.25, 0.3) is 34.3 Å². The van der Waals surface area contributed by atoms with E-state index in [1.54, 1.807) is 0 Å². The van der Waals surface area contributed by atoms with E-state index in [1.807, 2.05) is 59.5 Å². The summed E-state index contributed by atoms with van der Waals surface area (Å²) >= 11 is 0. The van der Waals surface area contributed by atoms with E-state index in [0.29, 0.717) is 49.3 Å². The molecule has 1 aliphatic heterocycles. The molecule has 0 amide bonds. The van der Waals surface area contributed by atoms with Crippen LogP contribution in [-0.4, -0.2) is 68.6 Å². The standard InChI is InChI=1S/C27H29N5O5/c1-2-6-20-23(30-36-24(20)18-7-4-3-5-8-18)26-29-25(31-37-26)19-11-9-17(10-12-19)22(33)16-32-14-13-28-21(15-32)27(34)35/h3-5,7-12,21-22,28,33H,2,6,13-16H2,1H3,(H,34,35). The van der Waals surface area contributed by atoms with Crippen molar-refractivity contribution in [1.29, 1.82) is 0 Å². The maximum absolute atomic E-state index is 11.3. The molecule has 2 unspecified atom stereocenters. The van der Waals surface area contributed by atoms with Gasteiger partial charge >= 0.3 is 5.97 Å². The summed E-state index contributed by atoms with van der Waals surface area (Å²) in [5.74, 6) is 0.524. The number of β-amino-alcohol motifs (C(OH)–C–C–N with tert-alkyl or cyclic N) is 1. The number of aliphatic hydroxyl groups is 1. The number of aliphatic carboxylic acids is 1. The Hall–Kier alpha value is -3.86. The van der Waals surface area contributed by atoms with Gasteiger partial charge in [-0.15, -0.1) is 0 Å². The molecule has 3 heterocycles. The first-order valence-corrected chi connectivity index (χ1v) is 12.4. The Morgan fingerprint density at radius 3 is 2.62 bits per heavy atom. The number of piperazine rings is 1. The van der Waals surface area contributed by atoms with E-state index in [0.717, 1.165) is 35.1 Å². The van der Waals surface area contributed by atoms with Crippen molar-refractivity contribution in [2.45, 2.75) is 31.9 Å². The Morgan fingerprint density at radius 2 is 1.89 bits per heavy atom. The van der Waals surface area contributed by atoms with Crippen molar-refractivity contribution < 1.29 is 24.1 Å². The first-order chi connectivity index (χ1) is 18.0. The molecule has 2 aromatic heterocycles. The summed E-state index contributed by atoms with van der Waals surface area (Å²) in [6.07, 6.45) is 0.919. The number of carboxylic acid groups (broad SMARTS) is 1. The molecular formula is C27H29N5O5. The Balaban J connectivity index is 1.30. The van der Waals surface area contributed by atoms with Gasteiger partial charge in [0.2, 0.25) is 5.82 Å². The normalized spacial score (nSPS) is 17.1. The van der Waals surface area contributed by atoms with Crippen LogP contribution in [0, 0.1) is 0 Å². The van der Waals surface area contributed by atoms with Gasteiger partial charge in [-0.25, -0.2) is 0 Å². The van der Waals surface area contributed by atoms with Crippen molar-refractivity contribution >= 4 is 5.97 Å². The molecule has 0 bridgehead atoms. The van der Waals surface area contributed by atoms with Gasteiger partial charge in [0.1, 0.15) is 6.04 Å². The summed E-state index contributed by atoms with van der Waals surface area (Å²) in [7, 11) is 0. The van der Waals surface area contributed by atoms with Crippen molar-refractivity contribution in [3.63, 3.8) is 0 Å². The quantitative estimate of drug-likeness (QED) is 0.311. The molecule has 2 atom stereocenters. The highest BCUT2D eigenvalue weighted by Crippen LogP contribution is 2.33. The molecule has 0 aliphatic carbocycles. The molecule has 192 valence electrons. The summed E-state index contributed by atoms with van der Waals surface area (Å²) < 4.78 is 11.2. The second-order valence-electron chi connectivity index (χ2n) is 9.12. The number of hydrogen-bond donors (Lipinski definition) is 3. The van der Waals surface area contributed by atoms with Gasteiger partial charge < -0.3 is 24.6 Å². The summed E-state index contributed by atoms with van der Waals surface area (Å²) in [6, 6.07) is 16.5. The van der Waals surface area contributed by atoms with Crippen molar-refractivity contribution in [3.05, 3.63) is 65.7 Å². The van der Waals surface area contributed by atoms with Crippen LogP contribution in [0.5, 0.6) is 0 Å². The van der Waals surface area contributed by atoms with Gasteiger partial charge in [0, 0.05) is 42.9 Å². The van der Waals surface area contributed by atoms with Gasteiger partial charge in [0.15, 0.2) is 11.5 Å². The van der Waals surface area contributed by atoms with Gasteiger partial charge in [0.05, 0.1) is 6.10 Å². The Kier molecular flexibility index (Phi) is 7.40. The van der Waals surface area contributed by atoms with Crippen LogP contribution < -0.4 is 5.32 Å². The average molecular weight is 504 g/mol. The largest absolute Gasteiger partial charge is 0.480 e. The van der Waals surface area contributed by atoms with Gasteiger partial charge in [-0.2, -0.15) is 4.98 Å². The van der Waals surface area contributed by atoms with Crippen LogP contribution in [0.1, 0.15) is 30.6 Å². The SMILES string of the molecule is CCCc1c(-c2nc(-c3ccc(C(O)CN4CCNC(C(=O)O)C4)cc3)no2)noc1-c1ccccc1. The minimum Gasteiger partial charge on any atom is -0.480 e. The number of carbonyl (C=O) groups is 1. The van der Waals surface area contributed by atoms with Crippen LogP contribution in [-0.2, 0) is 11.2 Å². The lowest BCUT2D eigenvalue weighted by Gasteiger charge is -2.32. The molecule has 10 heteroatoms. The molecule has 37 heavy (non-hydrogen) atoms. The fraction of sp³-hybridized carbons (Fsp3) is 0.333. The molecule has 1 saturated heterocycles. The minimum absolute atomic E-state index is 0.292. The number of carboxylic acids is 1. The zero-order valence-corrected chi connectivity index (χ0v) is 20.5. The molecular weight excluding hydrogens is 474 g/mol. The average Bonchev–Trinajstić information content (AvgIpc) is 3.57. The monoisotopic (exact) mass is 503 g/mol. The van der Waals surface area contributed by atoms with E-state index < -0.39 is 18.1 Å². The maximum Gasteiger partial charge on any atom is 0.322 e. The molecule has 10 nitrogen and oxygen atoms in total. The molecule has 0 radical (unpaired) electrons. The van der Waals surface area contributed by atoms with E-state index >= 15 is 0 Å². The van der Waals surface area contributed by atoms with Crippen molar-refractivity contribution in [1.82, 2.24) is 25.5 Å². The second-order valence-corrected chi connectivity index (χ2v) is 9.12. The number of nitrogens with one attached hydrogen (secondary N) is 1. The second kappa shape index (κ2) is 11.0. The third-order valence-corrected chi connectivity index (χ3v) is 6.50. The Labute approximate surface area is 213 Å². The van der Waals surface area contributed by atoms with E-state index in [-0.39, 0.29) is 0 Å². The summed E-state index contributed by atoms with van der Waals surface area (Å²) in [5.41, 5.74) is 3.88. The molecule has 4 aromatic rings. The summed E-state index contributed by atoms with van der Waals surface area (Å²) in [6.45, 7) is 4.05. The van der Waals surface area contributed by atoms with Gasteiger partial charge in [-0.05, 0) is 12.0 Å². The van der Waals surface area contributed by atoms with Gasteiger partial charge in [-0.3, -0.25) is 9.69 Å². The zero-order valence-electron chi connectivity index (χ0n) is 20.5. The number of nitrogens with zero attached hydrogens (tertiary/aromatic N) is 4. The summed E-state index contributed by atoms with van der Waals surface area (Å²) in [5, 5.41) is 31.3. The zero-order chi connectivity index (χ0) is 25.8. The highest BCUT2D eigenvalue weighted by Gasteiger charge is 2.27. The molecule has 0 saturated carbocycles. The molecule has 5 rings (SSSR count). The van der Waals surface area contributed by atoms with Gasteiger partial charge in [-0.1, -0.05) is 78.3 Å². The molecule has 1 aliphatic rings. The van der Waals surface area contributed by atoms with E-state index in [4.69, 9.17) is 9.05 Å². The fourth-order valence-electron chi connectivity index (χ4n) is 4.56. The van der Waals surface area contributed by atoms with Crippen molar-refractivity contribution in [2.24, 2.45) is 0 Å². The lowest BCUT2D eigenvalue weighted by atomic mass is 10.0. The number of hydrogen-bond acceptors (Lipinski definition) is 9. The molecule has 0 spiro atoms. The Bertz CT molecular complexity index is 1330. The first-order valence-electron chi connectivity index (χ1n) is 12.4. The van der Waals surface area contributed by atoms with E-state index in [9.17, 15) is 15.0 Å². The number of rotatable bonds is 9. The number of aliphatic hydroxyl groups excluding tert-OH is 1. The van der Waals surface area contributed by atoms with Crippen LogP contribution in [0.2, 0.25) is 0 Å². The number of benzene rings is 2. The van der Waals surface area contributed by atoms with Crippen molar-refractivity contribution in [2.75, 3.05) is 26.2 Å². The predicted molar refractivity (Wildman–Crippen MR) is 135 cm³/mol. The smallest absolute Gasteiger partial charge is 0.322 e. The van der Waals surface area contributed by atoms with E-state index in [2.05, 4.69) is 27.5 Å². The van der Waals surface area contributed by atoms with Gasteiger partial charge in [0.25, 0.3) is 5.89 Å². The highest BCUT2D eigenvalue weighted by molar-refractivity contribution is 5.74. The fourth-order valence-corrected chi connectivity index (χ4v) is 4.56. The minimum atomic E-state index is -0.883. The van der Waals surface area contributed by atoms with Crippen LogP contribution in [0.4, 0.5) is 0 Å². The van der Waals surface area contributed by atoms with E-state index in [1.165, 1.54) is 0 Å². The summed E-state index contributed by atoms with van der Waals surface area (Å²) in [4.78, 5) is 17.8. The molecule has 3 N–H and O–H groups in total. The lowest BCUT2D eigenvalue weighted by Crippen LogP contribution is -2.54. The first kappa shape index (κ1) is 24.8. The molecule has 2 aromatic carbocycles. The van der Waals surface area contributed by atoms with Crippen molar-refractivity contribution in [3.8, 4) is 34.3 Å². The Morgan fingerprint density at radius 1 is 1.11 bits per heavy atom. The predicted octanol–water partition coefficient (Wildman–Crippen LogP) is 3.40. The maximum atomic E-state index is 11.3. The lowest BCUT2D eigenvalue weighted by molar-refractivity contribution is -0.140. The van der Waals surface area contributed by atoms with Crippen LogP contribution >= 0.6 is 0 Å². The third kappa shape index (κ3) is 5.46.